The Labute approximate surface area is 79.4 Å². The van der Waals surface area contributed by atoms with Gasteiger partial charge >= 0.3 is 6.03 Å². The first-order valence-corrected chi connectivity index (χ1v) is 4.66. The molecule has 0 spiro atoms. The van der Waals surface area contributed by atoms with Crippen LogP contribution in [0.3, 0.4) is 0 Å². The Bertz CT molecular complexity index is 254. The first-order chi connectivity index (χ1) is 5.93. The highest BCUT2D eigenvalue weighted by atomic mass is 16.2. The molecule has 1 rings (SSSR count). The molecule has 0 aromatic rings. The second-order valence-corrected chi connectivity index (χ2v) is 4.33. The van der Waals surface area contributed by atoms with Crippen molar-refractivity contribution in [2.24, 2.45) is 11.1 Å². The van der Waals surface area contributed by atoms with Crippen LogP contribution in [0.2, 0.25) is 0 Å². The lowest BCUT2D eigenvalue weighted by molar-refractivity contribution is 0.249. The van der Waals surface area contributed by atoms with E-state index in [1.807, 2.05) is 0 Å². The summed E-state index contributed by atoms with van der Waals surface area (Å²) in [5.74, 6) is 0. The summed E-state index contributed by atoms with van der Waals surface area (Å²) in [6.07, 6.45) is 2.26. The first kappa shape index (κ1) is 10.1. The maximum Gasteiger partial charge on any atom is 0.312 e. The molecule has 1 aliphatic carbocycles. The van der Waals surface area contributed by atoms with E-state index in [0.29, 0.717) is 12.0 Å². The minimum atomic E-state index is -0.440. The van der Waals surface area contributed by atoms with E-state index in [1.165, 1.54) is 17.6 Å². The number of rotatable bonds is 2. The highest BCUT2D eigenvalue weighted by Gasteiger charge is 2.28. The molecule has 2 amide bonds. The van der Waals surface area contributed by atoms with Gasteiger partial charge in [0.15, 0.2) is 0 Å². The fourth-order valence-electron chi connectivity index (χ4n) is 1.73. The number of amides is 2. The second kappa shape index (κ2) is 3.40. The Hall–Kier alpha value is -0.990. The van der Waals surface area contributed by atoms with Gasteiger partial charge in [-0.1, -0.05) is 25.0 Å². The standard InChI is InChI=1S/C10H18N2O/c1-7-8(6-12-9(11)13)4-5-10(7,2)3/h4-6H2,1-3H3,(H3,11,12,13). The Balaban J connectivity index is 2.61. The molecule has 0 unspecified atom stereocenters. The summed E-state index contributed by atoms with van der Waals surface area (Å²) in [6, 6.07) is -0.440. The van der Waals surface area contributed by atoms with Crippen LogP contribution in [0.25, 0.3) is 0 Å². The predicted molar refractivity (Wildman–Crippen MR) is 53.3 cm³/mol. The minimum absolute atomic E-state index is 0.300. The van der Waals surface area contributed by atoms with Crippen LogP contribution < -0.4 is 11.1 Å². The van der Waals surface area contributed by atoms with Gasteiger partial charge < -0.3 is 11.1 Å². The monoisotopic (exact) mass is 182 g/mol. The molecule has 0 aliphatic heterocycles. The van der Waals surface area contributed by atoms with Crippen LogP contribution in [0.5, 0.6) is 0 Å². The maximum atomic E-state index is 10.5. The van der Waals surface area contributed by atoms with Gasteiger partial charge in [0.1, 0.15) is 0 Å². The van der Waals surface area contributed by atoms with Crippen LogP contribution in [0.15, 0.2) is 11.1 Å². The summed E-state index contributed by atoms with van der Waals surface area (Å²) in [5, 5.41) is 2.64. The molecule has 0 saturated heterocycles. The van der Waals surface area contributed by atoms with E-state index in [2.05, 4.69) is 26.1 Å². The van der Waals surface area contributed by atoms with Crippen molar-refractivity contribution >= 4 is 6.03 Å². The Morgan fingerprint density at radius 3 is 2.62 bits per heavy atom. The molecular formula is C10H18N2O. The van der Waals surface area contributed by atoms with E-state index in [9.17, 15) is 4.79 Å². The number of allylic oxidation sites excluding steroid dienone is 1. The maximum absolute atomic E-state index is 10.5. The number of primary amides is 1. The average Bonchev–Trinajstić information content (AvgIpc) is 2.25. The first-order valence-electron chi connectivity index (χ1n) is 4.66. The van der Waals surface area contributed by atoms with Crippen molar-refractivity contribution < 1.29 is 4.79 Å². The van der Waals surface area contributed by atoms with Gasteiger partial charge in [-0.05, 0) is 25.2 Å². The van der Waals surface area contributed by atoms with Crippen molar-refractivity contribution in [2.45, 2.75) is 33.6 Å². The van der Waals surface area contributed by atoms with Crippen LogP contribution in [-0.2, 0) is 0 Å². The van der Waals surface area contributed by atoms with Crippen LogP contribution >= 0.6 is 0 Å². The Morgan fingerprint density at radius 2 is 2.23 bits per heavy atom. The van der Waals surface area contributed by atoms with E-state index in [-0.39, 0.29) is 0 Å². The molecule has 0 heterocycles. The summed E-state index contributed by atoms with van der Waals surface area (Å²) < 4.78 is 0. The molecule has 0 aromatic carbocycles. The zero-order chi connectivity index (χ0) is 10.1. The van der Waals surface area contributed by atoms with Crippen molar-refractivity contribution in [3.63, 3.8) is 0 Å². The SMILES string of the molecule is CC1=C(CNC(N)=O)CCC1(C)C. The van der Waals surface area contributed by atoms with Gasteiger partial charge in [-0.25, -0.2) is 4.79 Å². The number of carbonyl (C=O) groups excluding carboxylic acids is 1. The van der Waals surface area contributed by atoms with Crippen molar-refractivity contribution in [3.05, 3.63) is 11.1 Å². The molecule has 0 fully saturated rings. The zero-order valence-electron chi connectivity index (χ0n) is 8.61. The van der Waals surface area contributed by atoms with E-state index < -0.39 is 6.03 Å². The molecule has 3 N–H and O–H groups in total. The van der Waals surface area contributed by atoms with Gasteiger partial charge in [-0.15, -0.1) is 0 Å². The molecule has 0 bridgehead atoms. The fourth-order valence-corrected chi connectivity index (χ4v) is 1.73. The third-order valence-corrected chi connectivity index (χ3v) is 3.07. The van der Waals surface area contributed by atoms with Crippen LogP contribution in [-0.4, -0.2) is 12.6 Å². The highest BCUT2D eigenvalue weighted by molar-refractivity contribution is 5.71. The van der Waals surface area contributed by atoms with Crippen LogP contribution in [0.1, 0.15) is 33.6 Å². The van der Waals surface area contributed by atoms with Crippen LogP contribution in [0, 0.1) is 5.41 Å². The van der Waals surface area contributed by atoms with E-state index in [0.717, 1.165) is 6.42 Å². The van der Waals surface area contributed by atoms with Gasteiger partial charge in [0.25, 0.3) is 0 Å². The summed E-state index contributed by atoms with van der Waals surface area (Å²) in [4.78, 5) is 10.5. The molecular weight excluding hydrogens is 164 g/mol. The highest BCUT2D eigenvalue weighted by Crippen LogP contribution is 2.41. The number of urea groups is 1. The quantitative estimate of drug-likeness (QED) is 0.628. The van der Waals surface area contributed by atoms with Gasteiger partial charge in [0, 0.05) is 6.54 Å². The summed E-state index contributed by atoms with van der Waals surface area (Å²) in [5.41, 5.74) is 8.05. The number of nitrogens with two attached hydrogens (primary N) is 1. The summed E-state index contributed by atoms with van der Waals surface area (Å²) >= 11 is 0. The molecule has 3 nitrogen and oxygen atoms in total. The van der Waals surface area contributed by atoms with Gasteiger partial charge in [0.2, 0.25) is 0 Å². The van der Waals surface area contributed by atoms with E-state index >= 15 is 0 Å². The molecule has 0 atom stereocenters. The Morgan fingerprint density at radius 1 is 1.62 bits per heavy atom. The zero-order valence-corrected chi connectivity index (χ0v) is 8.61. The molecule has 0 saturated carbocycles. The normalized spacial score (nSPS) is 20.5. The smallest absolute Gasteiger partial charge is 0.312 e. The topological polar surface area (TPSA) is 55.1 Å². The summed E-state index contributed by atoms with van der Waals surface area (Å²) in [6.45, 7) is 7.23. The van der Waals surface area contributed by atoms with Crippen molar-refractivity contribution in [2.75, 3.05) is 6.54 Å². The molecule has 0 aromatic heterocycles. The Kier molecular flexibility index (Phi) is 2.64. The lowest BCUT2D eigenvalue weighted by atomic mass is 9.86. The molecule has 74 valence electrons. The van der Waals surface area contributed by atoms with Crippen molar-refractivity contribution in [1.82, 2.24) is 5.32 Å². The molecule has 0 radical (unpaired) electrons. The molecule has 13 heavy (non-hydrogen) atoms. The largest absolute Gasteiger partial charge is 0.352 e. The number of nitrogens with one attached hydrogen (secondary N) is 1. The van der Waals surface area contributed by atoms with Crippen molar-refractivity contribution in [1.29, 1.82) is 0 Å². The van der Waals surface area contributed by atoms with Gasteiger partial charge in [-0.2, -0.15) is 0 Å². The van der Waals surface area contributed by atoms with Gasteiger partial charge in [0.05, 0.1) is 0 Å². The number of hydrogen-bond donors (Lipinski definition) is 2. The average molecular weight is 182 g/mol. The third-order valence-electron chi connectivity index (χ3n) is 3.07. The lowest BCUT2D eigenvalue weighted by Crippen LogP contribution is -2.30. The number of hydrogen-bond acceptors (Lipinski definition) is 1. The third kappa shape index (κ3) is 2.23. The number of carbonyl (C=O) groups is 1. The molecule has 3 heteroatoms. The predicted octanol–water partition coefficient (Wildman–Crippen LogP) is 1.79. The van der Waals surface area contributed by atoms with Crippen LogP contribution in [0.4, 0.5) is 4.79 Å². The fraction of sp³-hybridized carbons (Fsp3) is 0.700. The minimum Gasteiger partial charge on any atom is -0.352 e. The lowest BCUT2D eigenvalue weighted by Gasteiger charge is -2.19. The molecule has 1 aliphatic rings. The van der Waals surface area contributed by atoms with Crippen molar-refractivity contribution in [3.8, 4) is 0 Å². The van der Waals surface area contributed by atoms with E-state index in [4.69, 9.17) is 5.73 Å². The van der Waals surface area contributed by atoms with E-state index in [1.54, 1.807) is 0 Å². The van der Waals surface area contributed by atoms with Gasteiger partial charge in [-0.3, -0.25) is 0 Å². The summed E-state index contributed by atoms with van der Waals surface area (Å²) in [7, 11) is 0. The second-order valence-electron chi connectivity index (χ2n) is 4.33.